The molecule has 1 aromatic heterocycles. The molecule has 138 valence electrons. The number of aromatic amines is 1. The largest absolute Gasteiger partial charge is 0.369 e. The van der Waals surface area contributed by atoms with Crippen LogP contribution in [0.25, 0.3) is 0 Å². The average molecular weight is 388 g/mol. The minimum absolute atomic E-state index is 0. The number of halogens is 1. The van der Waals surface area contributed by atoms with Crippen LogP contribution in [-0.4, -0.2) is 24.9 Å². The number of hydrogen-bond acceptors (Lipinski definition) is 6. The Bertz CT molecular complexity index is 866. The number of H-pyrrole nitrogens is 1. The van der Waals surface area contributed by atoms with E-state index >= 15 is 0 Å². The standard InChI is InChI=1S/C15H21N5O3S.ClH/c1-10-13(14(21)20-15(17)19-10)3-2-8-18-24(22,23)12-6-4-11(9-16)5-7-12;/h4-7,18H,2-3,8-9,16H2,1H3,(H3,17,19,20,21);1H. The third kappa shape index (κ3) is 5.53. The van der Waals surface area contributed by atoms with Crippen LogP contribution in [0.2, 0.25) is 0 Å². The molecule has 6 N–H and O–H groups in total. The number of sulfonamides is 1. The van der Waals surface area contributed by atoms with E-state index in [0.717, 1.165) is 5.56 Å². The Morgan fingerprint density at radius 1 is 1.24 bits per heavy atom. The maximum absolute atomic E-state index is 12.2. The van der Waals surface area contributed by atoms with E-state index in [1.165, 1.54) is 12.1 Å². The highest BCUT2D eigenvalue weighted by atomic mass is 35.5. The quantitative estimate of drug-likeness (QED) is 0.508. The fourth-order valence-corrected chi connectivity index (χ4v) is 3.36. The van der Waals surface area contributed by atoms with Crippen LogP contribution in [0.4, 0.5) is 5.95 Å². The number of nitrogens with two attached hydrogens (primary N) is 2. The molecular formula is C15H22ClN5O3S. The molecule has 0 spiro atoms. The Kier molecular flexibility index (Phi) is 7.56. The molecule has 25 heavy (non-hydrogen) atoms. The highest BCUT2D eigenvalue weighted by Crippen LogP contribution is 2.10. The van der Waals surface area contributed by atoms with E-state index in [1.54, 1.807) is 19.1 Å². The molecule has 0 aliphatic rings. The maximum atomic E-state index is 12.2. The summed E-state index contributed by atoms with van der Waals surface area (Å²) in [7, 11) is -3.58. The number of anilines is 1. The van der Waals surface area contributed by atoms with Gasteiger partial charge in [-0.1, -0.05) is 12.1 Å². The first-order valence-electron chi connectivity index (χ1n) is 7.47. The van der Waals surface area contributed by atoms with Gasteiger partial charge in [-0.2, -0.15) is 0 Å². The van der Waals surface area contributed by atoms with Crippen LogP contribution in [0.15, 0.2) is 34.0 Å². The van der Waals surface area contributed by atoms with Gasteiger partial charge in [0.05, 0.1) is 4.90 Å². The van der Waals surface area contributed by atoms with Crippen molar-refractivity contribution in [2.24, 2.45) is 5.73 Å². The lowest BCUT2D eigenvalue weighted by Gasteiger charge is -2.08. The van der Waals surface area contributed by atoms with E-state index in [4.69, 9.17) is 11.5 Å². The van der Waals surface area contributed by atoms with Crippen LogP contribution in [0.3, 0.4) is 0 Å². The lowest BCUT2D eigenvalue weighted by molar-refractivity contribution is 0.578. The summed E-state index contributed by atoms with van der Waals surface area (Å²) in [5.41, 5.74) is 12.6. The summed E-state index contributed by atoms with van der Waals surface area (Å²) < 4.78 is 26.9. The first kappa shape index (κ1) is 21.1. The predicted octanol–water partition coefficient (Wildman–Crippen LogP) is 0.452. The molecule has 0 atom stereocenters. The second kappa shape index (κ2) is 8.95. The summed E-state index contributed by atoms with van der Waals surface area (Å²) in [6, 6.07) is 6.39. The molecule has 10 heteroatoms. The molecular weight excluding hydrogens is 366 g/mol. The van der Waals surface area contributed by atoms with Crippen molar-refractivity contribution in [2.75, 3.05) is 12.3 Å². The molecule has 0 saturated heterocycles. The number of aryl methyl sites for hydroxylation is 1. The van der Waals surface area contributed by atoms with Gasteiger partial charge in [-0.25, -0.2) is 18.1 Å². The van der Waals surface area contributed by atoms with E-state index in [0.29, 0.717) is 30.6 Å². The number of nitrogens with zero attached hydrogens (tertiary/aromatic N) is 1. The first-order chi connectivity index (χ1) is 11.3. The average Bonchev–Trinajstić information content (AvgIpc) is 2.53. The molecule has 1 heterocycles. The Labute approximate surface area is 152 Å². The highest BCUT2D eigenvalue weighted by Gasteiger charge is 2.13. The first-order valence-corrected chi connectivity index (χ1v) is 8.96. The zero-order valence-corrected chi connectivity index (χ0v) is 15.4. The molecule has 8 nitrogen and oxygen atoms in total. The molecule has 2 aromatic rings. The Morgan fingerprint density at radius 2 is 1.88 bits per heavy atom. The van der Waals surface area contributed by atoms with Crippen molar-refractivity contribution in [1.29, 1.82) is 0 Å². The third-order valence-corrected chi connectivity index (χ3v) is 5.08. The second-order valence-electron chi connectivity index (χ2n) is 5.36. The topological polar surface area (TPSA) is 144 Å². The number of nitrogens with one attached hydrogen (secondary N) is 2. The van der Waals surface area contributed by atoms with Crippen LogP contribution >= 0.6 is 12.4 Å². The van der Waals surface area contributed by atoms with Crippen LogP contribution in [0.5, 0.6) is 0 Å². The predicted molar refractivity (Wildman–Crippen MR) is 99.1 cm³/mol. The van der Waals surface area contributed by atoms with Gasteiger partial charge in [-0.15, -0.1) is 12.4 Å². The summed E-state index contributed by atoms with van der Waals surface area (Å²) in [6.45, 7) is 2.27. The molecule has 0 bridgehead atoms. The van der Waals surface area contributed by atoms with E-state index in [9.17, 15) is 13.2 Å². The summed E-state index contributed by atoms with van der Waals surface area (Å²) in [4.78, 5) is 18.4. The number of hydrogen-bond donors (Lipinski definition) is 4. The SMILES string of the molecule is Cc1nc(N)[nH]c(=O)c1CCCNS(=O)(=O)c1ccc(CN)cc1.Cl. The van der Waals surface area contributed by atoms with Gasteiger partial charge in [0, 0.05) is 24.3 Å². The van der Waals surface area contributed by atoms with Crippen LogP contribution in [0.1, 0.15) is 23.2 Å². The fraction of sp³-hybridized carbons (Fsp3) is 0.333. The van der Waals surface area contributed by atoms with Crippen molar-refractivity contribution in [2.45, 2.75) is 31.2 Å². The summed E-state index contributed by atoms with van der Waals surface area (Å²) >= 11 is 0. The molecule has 0 aliphatic heterocycles. The normalized spacial score (nSPS) is 11.1. The molecule has 0 amide bonds. The summed E-state index contributed by atoms with van der Waals surface area (Å²) in [6.07, 6.45) is 0.874. The molecule has 2 rings (SSSR count). The highest BCUT2D eigenvalue weighted by molar-refractivity contribution is 7.89. The van der Waals surface area contributed by atoms with Gasteiger partial charge in [0.25, 0.3) is 5.56 Å². The molecule has 1 aromatic carbocycles. The second-order valence-corrected chi connectivity index (χ2v) is 7.13. The minimum Gasteiger partial charge on any atom is -0.369 e. The monoisotopic (exact) mass is 387 g/mol. The smallest absolute Gasteiger partial charge is 0.255 e. The van der Waals surface area contributed by atoms with Crippen molar-refractivity contribution < 1.29 is 8.42 Å². The van der Waals surface area contributed by atoms with Gasteiger partial charge in [0.1, 0.15) is 0 Å². The summed E-state index contributed by atoms with van der Waals surface area (Å²) in [5.74, 6) is 0.0721. The number of benzene rings is 1. The lowest BCUT2D eigenvalue weighted by atomic mass is 10.1. The lowest BCUT2D eigenvalue weighted by Crippen LogP contribution is -2.26. The van der Waals surface area contributed by atoms with Crippen LogP contribution in [0, 0.1) is 6.92 Å². The van der Waals surface area contributed by atoms with Crippen molar-refractivity contribution >= 4 is 28.4 Å². The number of aromatic nitrogens is 2. The van der Waals surface area contributed by atoms with E-state index in [-0.39, 0.29) is 35.4 Å². The molecule has 0 radical (unpaired) electrons. The van der Waals surface area contributed by atoms with E-state index < -0.39 is 10.0 Å². The molecule has 0 fully saturated rings. The van der Waals surface area contributed by atoms with Gasteiger partial charge in [0.2, 0.25) is 16.0 Å². The van der Waals surface area contributed by atoms with Gasteiger partial charge < -0.3 is 11.5 Å². The van der Waals surface area contributed by atoms with Crippen molar-refractivity contribution in [3.63, 3.8) is 0 Å². The third-order valence-electron chi connectivity index (χ3n) is 3.61. The van der Waals surface area contributed by atoms with Gasteiger partial charge in [-0.05, 0) is 37.5 Å². The molecule has 0 unspecified atom stereocenters. The van der Waals surface area contributed by atoms with Crippen molar-refractivity contribution in [3.8, 4) is 0 Å². The maximum Gasteiger partial charge on any atom is 0.255 e. The molecule has 0 aliphatic carbocycles. The van der Waals surface area contributed by atoms with Gasteiger partial charge in [-0.3, -0.25) is 9.78 Å². The zero-order chi connectivity index (χ0) is 17.7. The Morgan fingerprint density at radius 3 is 2.44 bits per heavy atom. The van der Waals surface area contributed by atoms with Crippen molar-refractivity contribution in [3.05, 3.63) is 51.4 Å². The Hall–Kier alpha value is -1.94. The van der Waals surface area contributed by atoms with Gasteiger partial charge in [0.15, 0.2) is 0 Å². The van der Waals surface area contributed by atoms with Crippen LogP contribution < -0.4 is 21.7 Å². The van der Waals surface area contributed by atoms with Gasteiger partial charge >= 0.3 is 0 Å². The molecule has 0 saturated carbocycles. The minimum atomic E-state index is -3.58. The van der Waals surface area contributed by atoms with Crippen molar-refractivity contribution in [1.82, 2.24) is 14.7 Å². The number of nitrogen functional groups attached to an aromatic ring is 1. The van der Waals surface area contributed by atoms with E-state index in [1.807, 2.05) is 0 Å². The fourth-order valence-electron chi connectivity index (χ4n) is 2.29. The van der Waals surface area contributed by atoms with E-state index in [2.05, 4.69) is 14.7 Å². The number of rotatable bonds is 7. The summed E-state index contributed by atoms with van der Waals surface area (Å²) in [5, 5.41) is 0. The zero-order valence-electron chi connectivity index (χ0n) is 13.8. The van der Waals surface area contributed by atoms with Crippen LogP contribution in [-0.2, 0) is 23.0 Å². The Balaban J connectivity index is 0.00000312.